The fourth-order valence-electron chi connectivity index (χ4n) is 4.12. The Morgan fingerprint density at radius 2 is 1.76 bits per heavy atom. The number of oxazole rings is 1. The maximum Gasteiger partial charge on any atom is 0.237 e. The second kappa shape index (κ2) is 9.30. The van der Waals surface area contributed by atoms with Crippen LogP contribution in [0.3, 0.4) is 0 Å². The number of hydrogen-bond donors (Lipinski definition) is 3. The average Bonchev–Trinajstić information content (AvgIpc) is 3.46. The SMILES string of the molecule is CC(NC(=O)C(Cc1c[nH]c2ccccc12)NCc1nc2ccccc2o1)c1ccccc1. The lowest BCUT2D eigenvalue weighted by atomic mass is 10.0. The monoisotopic (exact) mass is 438 g/mol. The molecule has 166 valence electrons. The van der Waals surface area contributed by atoms with Crippen LogP contribution in [-0.4, -0.2) is 21.9 Å². The van der Waals surface area contributed by atoms with Gasteiger partial charge in [-0.15, -0.1) is 0 Å². The van der Waals surface area contributed by atoms with E-state index in [9.17, 15) is 4.79 Å². The van der Waals surface area contributed by atoms with Crippen molar-refractivity contribution in [3.8, 4) is 0 Å². The number of hydrogen-bond acceptors (Lipinski definition) is 4. The minimum Gasteiger partial charge on any atom is -0.439 e. The molecule has 0 saturated heterocycles. The maximum atomic E-state index is 13.3. The van der Waals surface area contributed by atoms with Crippen molar-refractivity contribution >= 4 is 27.9 Å². The van der Waals surface area contributed by atoms with Gasteiger partial charge in [0.25, 0.3) is 0 Å². The number of rotatable bonds is 8. The summed E-state index contributed by atoms with van der Waals surface area (Å²) in [6, 6.07) is 25.2. The molecule has 6 nitrogen and oxygen atoms in total. The van der Waals surface area contributed by atoms with Crippen LogP contribution in [0.1, 0.15) is 30.0 Å². The number of nitrogens with zero attached hydrogens (tertiary/aromatic N) is 1. The first-order valence-corrected chi connectivity index (χ1v) is 11.2. The number of H-pyrrole nitrogens is 1. The fraction of sp³-hybridized carbons (Fsp3) is 0.185. The molecule has 0 saturated carbocycles. The molecule has 0 aliphatic rings. The number of para-hydroxylation sites is 3. The summed E-state index contributed by atoms with van der Waals surface area (Å²) in [5.41, 5.74) is 4.76. The summed E-state index contributed by atoms with van der Waals surface area (Å²) in [5, 5.41) is 7.65. The second-order valence-electron chi connectivity index (χ2n) is 8.21. The molecule has 1 amide bonds. The van der Waals surface area contributed by atoms with Crippen molar-refractivity contribution in [3.05, 3.63) is 102 Å². The number of carbonyl (C=O) groups excluding carboxylic acids is 1. The molecule has 5 aromatic rings. The van der Waals surface area contributed by atoms with Gasteiger partial charge >= 0.3 is 0 Å². The molecule has 6 heteroatoms. The van der Waals surface area contributed by atoms with Crippen molar-refractivity contribution in [2.24, 2.45) is 0 Å². The molecule has 5 rings (SSSR count). The number of aromatic amines is 1. The van der Waals surface area contributed by atoms with Crippen molar-refractivity contribution in [1.82, 2.24) is 20.6 Å². The molecular formula is C27H26N4O2. The first kappa shape index (κ1) is 21.0. The van der Waals surface area contributed by atoms with Crippen molar-refractivity contribution in [3.63, 3.8) is 0 Å². The number of aromatic nitrogens is 2. The highest BCUT2D eigenvalue weighted by molar-refractivity contribution is 5.86. The molecule has 3 aromatic carbocycles. The van der Waals surface area contributed by atoms with Gasteiger partial charge in [-0.25, -0.2) is 4.98 Å². The zero-order valence-corrected chi connectivity index (χ0v) is 18.4. The van der Waals surface area contributed by atoms with Gasteiger partial charge in [-0.05, 0) is 42.7 Å². The van der Waals surface area contributed by atoms with Gasteiger partial charge in [-0.3, -0.25) is 10.1 Å². The van der Waals surface area contributed by atoms with Crippen LogP contribution in [-0.2, 0) is 17.8 Å². The smallest absolute Gasteiger partial charge is 0.237 e. The molecule has 0 aliphatic heterocycles. The lowest BCUT2D eigenvalue weighted by Gasteiger charge is -2.21. The van der Waals surface area contributed by atoms with E-state index >= 15 is 0 Å². The molecule has 2 heterocycles. The maximum absolute atomic E-state index is 13.3. The predicted molar refractivity (Wildman–Crippen MR) is 130 cm³/mol. The zero-order chi connectivity index (χ0) is 22.6. The van der Waals surface area contributed by atoms with Crippen LogP contribution < -0.4 is 10.6 Å². The summed E-state index contributed by atoms with van der Waals surface area (Å²) in [6.45, 7) is 2.35. The predicted octanol–water partition coefficient (Wildman–Crippen LogP) is 4.89. The summed E-state index contributed by atoms with van der Waals surface area (Å²) in [7, 11) is 0. The zero-order valence-electron chi connectivity index (χ0n) is 18.4. The third-order valence-electron chi connectivity index (χ3n) is 5.91. The van der Waals surface area contributed by atoms with Gasteiger partial charge in [0.1, 0.15) is 5.52 Å². The highest BCUT2D eigenvalue weighted by atomic mass is 16.3. The van der Waals surface area contributed by atoms with Gasteiger partial charge < -0.3 is 14.7 Å². The lowest BCUT2D eigenvalue weighted by molar-refractivity contribution is -0.123. The Morgan fingerprint density at radius 3 is 2.61 bits per heavy atom. The van der Waals surface area contributed by atoms with E-state index in [1.54, 1.807) is 0 Å². The highest BCUT2D eigenvalue weighted by Crippen LogP contribution is 2.20. The van der Waals surface area contributed by atoms with E-state index in [4.69, 9.17) is 4.42 Å². The highest BCUT2D eigenvalue weighted by Gasteiger charge is 2.23. The van der Waals surface area contributed by atoms with Gasteiger partial charge in [0.2, 0.25) is 11.8 Å². The van der Waals surface area contributed by atoms with Crippen molar-refractivity contribution in [2.75, 3.05) is 0 Å². The first-order valence-electron chi connectivity index (χ1n) is 11.2. The molecule has 2 atom stereocenters. The minimum atomic E-state index is -0.453. The van der Waals surface area contributed by atoms with E-state index in [0.717, 1.165) is 33.1 Å². The van der Waals surface area contributed by atoms with E-state index in [-0.39, 0.29) is 11.9 Å². The van der Waals surface area contributed by atoms with Crippen molar-refractivity contribution in [1.29, 1.82) is 0 Å². The quantitative estimate of drug-likeness (QED) is 0.322. The minimum absolute atomic E-state index is 0.0623. The molecule has 2 unspecified atom stereocenters. The Bertz CT molecular complexity index is 1340. The Balaban J connectivity index is 1.36. The van der Waals surface area contributed by atoms with E-state index in [2.05, 4.69) is 26.7 Å². The first-order chi connectivity index (χ1) is 16.2. The number of nitrogens with one attached hydrogen (secondary N) is 3. The topological polar surface area (TPSA) is 83.0 Å². The molecule has 3 N–H and O–H groups in total. The summed E-state index contributed by atoms with van der Waals surface area (Å²) in [5.74, 6) is 0.497. The normalized spacial score (nSPS) is 13.2. The van der Waals surface area contributed by atoms with Crippen LogP contribution in [0.15, 0.2) is 89.5 Å². The van der Waals surface area contributed by atoms with E-state index in [1.165, 1.54) is 0 Å². The van der Waals surface area contributed by atoms with Crippen LogP contribution >= 0.6 is 0 Å². The molecule has 0 radical (unpaired) electrons. The number of fused-ring (bicyclic) bond motifs is 2. The van der Waals surface area contributed by atoms with Gasteiger partial charge in [0.15, 0.2) is 5.58 Å². The van der Waals surface area contributed by atoms with E-state index < -0.39 is 6.04 Å². The molecule has 33 heavy (non-hydrogen) atoms. The standard InChI is InChI=1S/C27H26N4O2/c1-18(19-9-3-2-4-10-19)30-27(32)24(15-20-16-28-22-12-6-5-11-21(20)22)29-17-26-31-23-13-7-8-14-25(23)33-26/h2-14,16,18,24,28-29H,15,17H2,1H3,(H,30,32). The van der Waals surface area contributed by atoms with Crippen LogP contribution in [0.4, 0.5) is 0 Å². The lowest BCUT2D eigenvalue weighted by Crippen LogP contribution is -2.46. The Hall–Kier alpha value is -3.90. The van der Waals surface area contributed by atoms with Crippen LogP contribution in [0.2, 0.25) is 0 Å². The van der Waals surface area contributed by atoms with Gasteiger partial charge in [-0.2, -0.15) is 0 Å². The summed E-state index contributed by atoms with van der Waals surface area (Å²) >= 11 is 0. The molecule has 0 spiro atoms. The van der Waals surface area contributed by atoms with Crippen LogP contribution in [0.5, 0.6) is 0 Å². The Morgan fingerprint density at radius 1 is 1.00 bits per heavy atom. The van der Waals surface area contributed by atoms with Crippen LogP contribution in [0, 0.1) is 0 Å². The molecule has 0 aliphatic carbocycles. The van der Waals surface area contributed by atoms with Crippen molar-refractivity contribution < 1.29 is 9.21 Å². The third kappa shape index (κ3) is 4.66. The molecular weight excluding hydrogens is 412 g/mol. The molecule has 0 fully saturated rings. The van der Waals surface area contributed by atoms with E-state index in [0.29, 0.717) is 18.9 Å². The number of benzene rings is 3. The average molecular weight is 439 g/mol. The molecule has 0 bridgehead atoms. The van der Waals surface area contributed by atoms with Gasteiger partial charge in [0.05, 0.1) is 18.6 Å². The largest absolute Gasteiger partial charge is 0.439 e. The third-order valence-corrected chi connectivity index (χ3v) is 5.91. The number of carbonyl (C=O) groups is 1. The Kier molecular flexibility index (Phi) is 5.91. The fourth-order valence-corrected chi connectivity index (χ4v) is 4.12. The van der Waals surface area contributed by atoms with Gasteiger partial charge in [-0.1, -0.05) is 60.7 Å². The molecule has 2 aromatic heterocycles. The Labute approximate surface area is 192 Å². The van der Waals surface area contributed by atoms with E-state index in [1.807, 2.05) is 85.9 Å². The summed E-state index contributed by atoms with van der Waals surface area (Å²) in [6.07, 6.45) is 2.52. The summed E-state index contributed by atoms with van der Waals surface area (Å²) < 4.78 is 5.84. The summed E-state index contributed by atoms with van der Waals surface area (Å²) in [4.78, 5) is 21.2. The second-order valence-corrected chi connectivity index (χ2v) is 8.21. The van der Waals surface area contributed by atoms with Crippen LogP contribution in [0.25, 0.3) is 22.0 Å². The van der Waals surface area contributed by atoms with Crippen molar-refractivity contribution in [2.45, 2.75) is 32.0 Å². The number of amides is 1. The van der Waals surface area contributed by atoms with Gasteiger partial charge in [0, 0.05) is 17.1 Å².